The molecule has 0 saturated carbocycles. The molecule has 4 rings (SSSR count). The number of hydrogen-bond donors (Lipinski definition) is 1. The number of aryl methyl sites for hydroxylation is 1. The first-order chi connectivity index (χ1) is 11.7. The van der Waals surface area contributed by atoms with Crippen LogP contribution in [-0.4, -0.2) is 26.1 Å². The predicted molar refractivity (Wildman–Crippen MR) is 97.1 cm³/mol. The van der Waals surface area contributed by atoms with Crippen LogP contribution in [0.2, 0.25) is 0 Å². The lowest BCUT2D eigenvalue weighted by Crippen LogP contribution is -1.96. The molecular formula is C16H13N5OS2. The number of thiazole rings is 1. The van der Waals surface area contributed by atoms with E-state index >= 15 is 0 Å². The number of hydrogen-bond acceptors (Lipinski definition) is 6. The number of rotatable bonds is 4. The van der Waals surface area contributed by atoms with Crippen LogP contribution in [0.1, 0.15) is 18.5 Å². The Morgan fingerprint density at radius 2 is 2.21 bits per heavy atom. The lowest BCUT2D eigenvalue weighted by atomic mass is 10.3. The predicted octanol–water partition coefficient (Wildman–Crippen LogP) is 4.25. The third kappa shape index (κ3) is 2.70. The number of nitrogens with zero attached hydrogens (tertiary/aromatic N) is 4. The van der Waals surface area contributed by atoms with Gasteiger partial charge in [0.1, 0.15) is 5.76 Å². The van der Waals surface area contributed by atoms with Crippen molar-refractivity contribution in [3.05, 3.63) is 52.8 Å². The third-order valence-corrected chi connectivity index (χ3v) is 4.78. The summed E-state index contributed by atoms with van der Waals surface area (Å²) in [5.41, 5.74) is 0.974. The zero-order chi connectivity index (χ0) is 16.5. The van der Waals surface area contributed by atoms with Crippen molar-refractivity contribution in [2.75, 3.05) is 0 Å². The molecule has 0 atom stereocenters. The molecule has 1 aromatic carbocycles. The minimum absolute atomic E-state index is 0.459. The number of aromatic nitrogens is 4. The van der Waals surface area contributed by atoms with Crippen LogP contribution in [-0.2, 0) is 6.42 Å². The molecule has 3 aromatic heterocycles. The van der Waals surface area contributed by atoms with E-state index in [2.05, 4.69) is 26.3 Å². The SMILES string of the molecule is CCc1n[nH]c(=S)n1/N=C\c1ccc(-c2nc3ccccc3s2)o1. The van der Waals surface area contributed by atoms with Gasteiger partial charge in [-0.3, -0.25) is 5.10 Å². The number of furan rings is 1. The average Bonchev–Trinajstić information content (AvgIpc) is 3.30. The van der Waals surface area contributed by atoms with Gasteiger partial charge >= 0.3 is 0 Å². The molecule has 0 bridgehead atoms. The number of H-pyrrole nitrogens is 1. The van der Waals surface area contributed by atoms with Crippen LogP contribution in [0.5, 0.6) is 0 Å². The van der Waals surface area contributed by atoms with Crippen LogP contribution >= 0.6 is 23.6 Å². The molecule has 0 unspecified atom stereocenters. The highest BCUT2D eigenvalue weighted by Gasteiger charge is 2.10. The molecule has 6 nitrogen and oxygen atoms in total. The minimum Gasteiger partial charge on any atom is -0.453 e. The average molecular weight is 355 g/mol. The topological polar surface area (TPSA) is 72.0 Å². The Hall–Kier alpha value is -2.58. The molecule has 3 heterocycles. The first-order valence-corrected chi connectivity index (χ1v) is 8.63. The minimum atomic E-state index is 0.459. The van der Waals surface area contributed by atoms with E-state index in [9.17, 15) is 0 Å². The lowest BCUT2D eigenvalue weighted by Gasteiger charge is -1.95. The van der Waals surface area contributed by atoms with Gasteiger partial charge in [-0.2, -0.15) is 14.9 Å². The summed E-state index contributed by atoms with van der Waals surface area (Å²) in [5.74, 6) is 2.13. The van der Waals surface area contributed by atoms with Gasteiger partial charge in [0.25, 0.3) is 0 Å². The summed E-state index contributed by atoms with van der Waals surface area (Å²) in [6, 6.07) is 11.8. The molecular weight excluding hydrogens is 342 g/mol. The molecule has 24 heavy (non-hydrogen) atoms. The van der Waals surface area contributed by atoms with Crippen molar-refractivity contribution in [2.24, 2.45) is 5.10 Å². The number of para-hydroxylation sites is 1. The molecule has 0 aliphatic carbocycles. The first kappa shape index (κ1) is 15.0. The van der Waals surface area contributed by atoms with Gasteiger partial charge in [-0.05, 0) is 36.5 Å². The molecule has 8 heteroatoms. The Balaban J connectivity index is 1.64. The van der Waals surface area contributed by atoms with Gasteiger partial charge in [0, 0.05) is 6.42 Å². The summed E-state index contributed by atoms with van der Waals surface area (Å²) in [6.07, 6.45) is 2.36. The summed E-state index contributed by atoms with van der Waals surface area (Å²) in [5, 5.41) is 12.0. The van der Waals surface area contributed by atoms with Crippen LogP contribution in [0.15, 0.2) is 45.9 Å². The number of nitrogens with one attached hydrogen (secondary N) is 1. The van der Waals surface area contributed by atoms with Gasteiger partial charge in [0.05, 0.1) is 16.4 Å². The summed E-state index contributed by atoms with van der Waals surface area (Å²) in [4.78, 5) is 4.59. The Morgan fingerprint density at radius 1 is 1.33 bits per heavy atom. The Kier molecular flexibility index (Phi) is 3.83. The quantitative estimate of drug-likeness (QED) is 0.439. The second-order valence-electron chi connectivity index (χ2n) is 5.04. The van der Waals surface area contributed by atoms with Crippen LogP contribution < -0.4 is 0 Å². The molecule has 0 spiro atoms. The molecule has 4 aromatic rings. The molecule has 0 amide bonds. The normalized spacial score (nSPS) is 11.7. The van der Waals surface area contributed by atoms with E-state index in [1.165, 1.54) is 0 Å². The van der Waals surface area contributed by atoms with Crippen molar-refractivity contribution in [2.45, 2.75) is 13.3 Å². The fourth-order valence-electron chi connectivity index (χ4n) is 2.30. The van der Waals surface area contributed by atoms with Crippen molar-refractivity contribution in [3.63, 3.8) is 0 Å². The molecule has 0 saturated heterocycles. The Bertz CT molecular complexity index is 1050. The number of fused-ring (bicyclic) bond motifs is 1. The molecule has 0 radical (unpaired) electrons. The van der Waals surface area contributed by atoms with Crippen molar-refractivity contribution in [3.8, 4) is 10.8 Å². The van der Waals surface area contributed by atoms with E-state index in [1.807, 2.05) is 37.3 Å². The monoisotopic (exact) mass is 355 g/mol. The lowest BCUT2D eigenvalue weighted by molar-refractivity contribution is 0.573. The van der Waals surface area contributed by atoms with Gasteiger partial charge < -0.3 is 4.42 Å². The zero-order valence-corrected chi connectivity index (χ0v) is 14.4. The van der Waals surface area contributed by atoms with Gasteiger partial charge in [-0.1, -0.05) is 19.1 Å². The van der Waals surface area contributed by atoms with Gasteiger partial charge in [-0.25, -0.2) is 4.98 Å². The van der Waals surface area contributed by atoms with Crippen LogP contribution in [0, 0.1) is 4.77 Å². The summed E-state index contributed by atoms with van der Waals surface area (Å²) in [6.45, 7) is 2.00. The van der Waals surface area contributed by atoms with Crippen molar-refractivity contribution in [1.29, 1.82) is 0 Å². The zero-order valence-electron chi connectivity index (χ0n) is 12.8. The van der Waals surface area contributed by atoms with Gasteiger partial charge in [0.2, 0.25) is 4.77 Å². The van der Waals surface area contributed by atoms with Crippen LogP contribution in [0.4, 0.5) is 0 Å². The molecule has 1 N–H and O–H groups in total. The van der Waals surface area contributed by atoms with E-state index < -0.39 is 0 Å². The smallest absolute Gasteiger partial charge is 0.216 e. The largest absolute Gasteiger partial charge is 0.453 e. The van der Waals surface area contributed by atoms with Crippen molar-refractivity contribution < 1.29 is 4.42 Å². The molecule has 120 valence electrons. The second-order valence-corrected chi connectivity index (χ2v) is 6.46. The Labute approximate surface area is 146 Å². The highest BCUT2D eigenvalue weighted by Crippen LogP contribution is 2.30. The third-order valence-electron chi connectivity index (χ3n) is 3.47. The standard InChI is InChI=1S/C16H13N5OS2/c1-2-14-19-20-16(23)21(14)17-9-10-7-8-12(22-10)15-18-11-5-3-4-6-13(11)24-15/h3-9H,2H2,1H3,(H,20,23)/b17-9-. The van der Waals surface area contributed by atoms with E-state index in [0.29, 0.717) is 10.5 Å². The van der Waals surface area contributed by atoms with E-state index in [1.54, 1.807) is 22.2 Å². The number of aromatic amines is 1. The van der Waals surface area contributed by atoms with Crippen molar-refractivity contribution >= 4 is 40.0 Å². The fourth-order valence-corrected chi connectivity index (χ4v) is 3.43. The molecule has 0 fully saturated rings. The van der Waals surface area contributed by atoms with Crippen LogP contribution in [0.3, 0.4) is 0 Å². The Morgan fingerprint density at radius 3 is 3.04 bits per heavy atom. The van der Waals surface area contributed by atoms with E-state index in [4.69, 9.17) is 16.6 Å². The van der Waals surface area contributed by atoms with Gasteiger partial charge in [-0.15, -0.1) is 11.3 Å². The summed E-state index contributed by atoms with van der Waals surface area (Å²) >= 11 is 6.77. The van der Waals surface area contributed by atoms with E-state index in [0.717, 1.165) is 33.2 Å². The maximum absolute atomic E-state index is 5.83. The van der Waals surface area contributed by atoms with Crippen molar-refractivity contribution in [1.82, 2.24) is 19.9 Å². The molecule has 0 aliphatic heterocycles. The van der Waals surface area contributed by atoms with Crippen LogP contribution in [0.25, 0.3) is 21.0 Å². The first-order valence-electron chi connectivity index (χ1n) is 7.41. The summed E-state index contributed by atoms with van der Waals surface area (Å²) in [7, 11) is 0. The van der Waals surface area contributed by atoms with E-state index in [-0.39, 0.29) is 0 Å². The maximum Gasteiger partial charge on any atom is 0.216 e. The highest BCUT2D eigenvalue weighted by atomic mass is 32.1. The summed E-state index contributed by atoms with van der Waals surface area (Å²) < 4.78 is 9.02. The van der Waals surface area contributed by atoms with Gasteiger partial charge in [0.15, 0.2) is 16.6 Å². The maximum atomic E-state index is 5.83. The highest BCUT2D eigenvalue weighted by molar-refractivity contribution is 7.71. The number of benzene rings is 1. The fraction of sp³-hybridized carbons (Fsp3) is 0.125. The second kappa shape index (κ2) is 6.14. The molecule has 0 aliphatic rings.